The molecule has 4 nitrogen and oxygen atoms in total. The highest BCUT2D eigenvalue weighted by molar-refractivity contribution is 7.15. The van der Waals surface area contributed by atoms with Crippen molar-refractivity contribution in [3.63, 3.8) is 0 Å². The summed E-state index contributed by atoms with van der Waals surface area (Å²) in [6.45, 7) is 3.19. The number of rotatable bonds is 5. The number of hydrogen-bond acceptors (Lipinski definition) is 5. The summed E-state index contributed by atoms with van der Waals surface area (Å²) in [5, 5.41) is 13.7. The lowest BCUT2D eigenvalue weighted by molar-refractivity contribution is 0.304. The summed E-state index contributed by atoms with van der Waals surface area (Å²) in [6.07, 6.45) is 0. The summed E-state index contributed by atoms with van der Waals surface area (Å²) in [5.41, 5.74) is 0. The second kappa shape index (κ2) is 6.22. The van der Waals surface area contributed by atoms with E-state index in [-0.39, 0.29) is 0 Å². The fourth-order valence-corrected chi connectivity index (χ4v) is 2.26. The lowest BCUT2D eigenvalue weighted by Crippen LogP contribution is -1.94. The number of ether oxygens (including phenoxy) is 1. The molecule has 0 spiro atoms. The van der Waals surface area contributed by atoms with E-state index in [0.717, 1.165) is 16.7 Å². The molecule has 0 aliphatic heterocycles. The van der Waals surface area contributed by atoms with Gasteiger partial charge in [0.25, 0.3) is 0 Å². The Kier molecular flexibility index (Phi) is 4.63. The number of halogens is 2. The molecule has 2 rings (SSSR count). The predicted molar refractivity (Wildman–Crippen MR) is 74.9 cm³/mol. The van der Waals surface area contributed by atoms with Crippen LogP contribution in [0.1, 0.15) is 11.9 Å². The van der Waals surface area contributed by atoms with Crippen LogP contribution in [0.15, 0.2) is 18.2 Å². The Bertz CT molecular complexity index is 533. The third-order valence-corrected chi connectivity index (χ3v) is 3.64. The molecule has 0 unspecified atom stereocenters. The zero-order valence-electron chi connectivity index (χ0n) is 9.61. The van der Waals surface area contributed by atoms with Gasteiger partial charge in [0.2, 0.25) is 5.13 Å². The van der Waals surface area contributed by atoms with Crippen molar-refractivity contribution in [3.05, 3.63) is 33.3 Å². The Morgan fingerprint density at radius 2 is 2.11 bits per heavy atom. The zero-order chi connectivity index (χ0) is 13.0. The summed E-state index contributed by atoms with van der Waals surface area (Å²) in [6, 6.07) is 5.14. The van der Waals surface area contributed by atoms with Crippen molar-refractivity contribution >= 4 is 39.7 Å². The van der Waals surface area contributed by atoms with Crippen molar-refractivity contribution in [1.29, 1.82) is 0 Å². The maximum absolute atomic E-state index is 5.89. The molecule has 7 heteroatoms. The van der Waals surface area contributed by atoms with Gasteiger partial charge in [-0.1, -0.05) is 34.5 Å². The van der Waals surface area contributed by atoms with Crippen LogP contribution in [-0.2, 0) is 6.61 Å². The molecule has 0 aliphatic rings. The Balaban J connectivity index is 1.95. The molecule has 96 valence electrons. The molecule has 0 bridgehead atoms. The van der Waals surface area contributed by atoms with E-state index >= 15 is 0 Å². The summed E-state index contributed by atoms with van der Waals surface area (Å²) in [5.74, 6) is 0.657. The van der Waals surface area contributed by atoms with E-state index in [4.69, 9.17) is 27.9 Å². The molecule has 0 aliphatic carbocycles. The van der Waals surface area contributed by atoms with E-state index in [1.165, 1.54) is 11.3 Å². The quantitative estimate of drug-likeness (QED) is 0.911. The van der Waals surface area contributed by atoms with E-state index in [1.54, 1.807) is 18.2 Å². The first-order chi connectivity index (χ1) is 8.69. The van der Waals surface area contributed by atoms with Gasteiger partial charge < -0.3 is 10.1 Å². The highest BCUT2D eigenvalue weighted by Gasteiger charge is 2.05. The molecule has 0 radical (unpaired) electrons. The summed E-state index contributed by atoms with van der Waals surface area (Å²) in [4.78, 5) is 0. The van der Waals surface area contributed by atoms with Crippen LogP contribution in [-0.4, -0.2) is 16.7 Å². The van der Waals surface area contributed by atoms with Crippen molar-refractivity contribution in [2.24, 2.45) is 0 Å². The van der Waals surface area contributed by atoms with Gasteiger partial charge in [-0.3, -0.25) is 0 Å². The normalized spacial score (nSPS) is 10.4. The van der Waals surface area contributed by atoms with Crippen LogP contribution in [0.2, 0.25) is 10.0 Å². The molecule has 2 aromatic rings. The van der Waals surface area contributed by atoms with Gasteiger partial charge in [-0.05, 0) is 19.1 Å². The third kappa shape index (κ3) is 3.48. The second-order valence-corrected chi connectivity index (χ2v) is 5.27. The van der Waals surface area contributed by atoms with E-state index in [9.17, 15) is 0 Å². The van der Waals surface area contributed by atoms with Crippen LogP contribution < -0.4 is 10.1 Å². The maximum atomic E-state index is 5.89. The van der Waals surface area contributed by atoms with Gasteiger partial charge in [-0.15, -0.1) is 10.2 Å². The molecule has 1 aromatic heterocycles. The first-order valence-corrected chi connectivity index (χ1v) is 6.90. The van der Waals surface area contributed by atoms with E-state index in [2.05, 4.69) is 15.5 Å². The Morgan fingerprint density at radius 3 is 2.83 bits per heavy atom. The molecule has 1 aromatic carbocycles. The van der Waals surface area contributed by atoms with Crippen LogP contribution in [0, 0.1) is 0 Å². The molecule has 0 atom stereocenters. The molecule has 0 saturated heterocycles. The van der Waals surface area contributed by atoms with Gasteiger partial charge in [-0.25, -0.2) is 0 Å². The highest BCUT2D eigenvalue weighted by Crippen LogP contribution is 2.27. The summed E-state index contributed by atoms with van der Waals surface area (Å²) in [7, 11) is 0. The Hall–Kier alpha value is -1.04. The Labute approximate surface area is 119 Å². The van der Waals surface area contributed by atoms with Gasteiger partial charge in [0.1, 0.15) is 12.4 Å². The van der Waals surface area contributed by atoms with Crippen molar-refractivity contribution in [3.8, 4) is 5.75 Å². The SMILES string of the molecule is CCNc1nnc(COc2ccc(Cl)c(Cl)c2)s1. The summed E-state index contributed by atoms with van der Waals surface area (Å²) < 4.78 is 5.56. The fraction of sp³-hybridized carbons (Fsp3) is 0.273. The molecule has 0 fully saturated rings. The van der Waals surface area contributed by atoms with Crippen LogP contribution in [0.4, 0.5) is 5.13 Å². The lowest BCUT2D eigenvalue weighted by Gasteiger charge is -2.04. The fourth-order valence-electron chi connectivity index (χ4n) is 1.25. The number of nitrogens with zero attached hydrogens (tertiary/aromatic N) is 2. The minimum absolute atomic E-state index is 0.362. The third-order valence-electron chi connectivity index (χ3n) is 2.05. The number of aromatic nitrogens is 2. The minimum atomic E-state index is 0.362. The van der Waals surface area contributed by atoms with Crippen LogP contribution in [0.3, 0.4) is 0 Å². The monoisotopic (exact) mass is 303 g/mol. The van der Waals surface area contributed by atoms with Gasteiger partial charge >= 0.3 is 0 Å². The van der Waals surface area contributed by atoms with Crippen molar-refractivity contribution in [2.45, 2.75) is 13.5 Å². The average molecular weight is 304 g/mol. The number of anilines is 1. The van der Waals surface area contributed by atoms with Crippen molar-refractivity contribution in [1.82, 2.24) is 10.2 Å². The average Bonchev–Trinajstić information content (AvgIpc) is 2.79. The number of benzene rings is 1. The van der Waals surface area contributed by atoms with E-state index in [0.29, 0.717) is 22.4 Å². The van der Waals surface area contributed by atoms with Crippen molar-refractivity contribution in [2.75, 3.05) is 11.9 Å². The van der Waals surface area contributed by atoms with Gasteiger partial charge in [0.05, 0.1) is 10.0 Å². The van der Waals surface area contributed by atoms with Gasteiger partial charge in [0.15, 0.2) is 5.01 Å². The zero-order valence-corrected chi connectivity index (χ0v) is 11.9. The second-order valence-electron chi connectivity index (χ2n) is 3.40. The number of nitrogens with one attached hydrogen (secondary N) is 1. The molecule has 0 saturated carbocycles. The minimum Gasteiger partial charge on any atom is -0.486 e. The molecule has 1 N–H and O–H groups in total. The first kappa shape index (κ1) is 13.4. The van der Waals surface area contributed by atoms with E-state index < -0.39 is 0 Å². The molecule has 0 amide bonds. The summed E-state index contributed by atoms with van der Waals surface area (Å²) >= 11 is 13.2. The largest absolute Gasteiger partial charge is 0.486 e. The molecular weight excluding hydrogens is 293 g/mol. The lowest BCUT2D eigenvalue weighted by atomic mass is 10.3. The topological polar surface area (TPSA) is 47.0 Å². The maximum Gasteiger partial charge on any atom is 0.205 e. The van der Waals surface area contributed by atoms with Gasteiger partial charge in [-0.2, -0.15) is 0 Å². The molecule has 1 heterocycles. The Morgan fingerprint density at radius 1 is 1.28 bits per heavy atom. The van der Waals surface area contributed by atoms with Crippen LogP contribution in [0.5, 0.6) is 5.75 Å². The molecular formula is C11H11Cl2N3OS. The number of hydrogen-bond donors (Lipinski definition) is 1. The van der Waals surface area contributed by atoms with Crippen LogP contribution >= 0.6 is 34.5 Å². The van der Waals surface area contributed by atoms with Gasteiger partial charge in [0, 0.05) is 12.6 Å². The van der Waals surface area contributed by atoms with E-state index in [1.807, 2.05) is 6.92 Å². The van der Waals surface area contributed by atoms with Crippen LogP contribution in [0.25, 0.3) is 0 Å². The van der Waals surface area contributed by atoms with Crippen molar-refractivity contribution < 1.29 is 4.74 Å². The molecule has 18 heavy (non-hydrogen) atoms. The highest BCUT2D eigenvalue weighted by atomic mass is 35.5. The predicted octanol–water partition coefficient (Wildman–Crippen LogP) is 3.86. The standard InChI is InChI=1S/C11H11Cl2N3OS/c1-2-14-11-16-15-10(18-11)6-17-7-3-4-8(12)9(13)5-7/h3-5H,2,6H2,1H3,(H,14,16). The first-order valence-electron chi connectivity index (χ1n) is 5.33. The smallest absolute Gasteiger partial charge is 0.205 e.